The van der Waals surface area contributed by atoms with E-state index in [0.29, 0.717) is 6.04 Å². The van der Waals surface area contributed by atoms with E-state index in [9.17, 15) is 0 Å². The van der Waals surface area contributed by atoms with E-state index in [-0.39, 0.29) is 0 Å². The third-order valence-corrected chi connectivity index (χ3v) is 5.09. The van der Waals surface area contributed by atoms with E-state index in [1.54, 1.807) is 0 Å². The molecule has 1 saturated heterocycles. The van der Waals surface area contributed by atoms with E-state index in [0.717, 1.165) is 18.0 Å². The average molecular weight is 252 g/mol. The first-order valence-corrected chi connectivity index (χ1v) is 8.21. The SMILES string of the molecule is CCCC(C)NCC(C)N1CCCC2CCCC21. The molecule has 2 heteroatoms. The van der Waals surface area contributed by atoms with Crippen LogP contribution >= 0.6 is 0 Å². The summed E-state index contributed by atoms with van der Waals surface area (Å²) in [5.74, 6) is 1.02. The quantitative estimate of drug-likeness (QED) is 0.779. The molecule has 1 aliphatic heterocycles. The van der Waals surface area contributed by atoms with Crippen molar-refractivity contribution in [3.63, 3.8) is 0 Å². The molecule has 2 nitrogen and oxygen atoms in total. The second-order valence-corrected chi connectivity index (χ2v) is 6.59. The molecule has 0 amide bonds. The van der Waals surface area contributed by atoms with Gasteiger partial charge in [0.1, 0.15) is 0 Å². The summed E-state index contributed by atoms with van der Waals surface area (Å²) in [6.07, 6.45) is 9.94. The third kappa shape index (κ3) is 3.48. The highest BCUT2D eigenvalue weighted by Gasteiger charge is 2.36. The van der Waals surface area contributed by atoms with Crippen LogP contribution in [0.5, 0.6) is 0 Å². The molecule has 1 aliphatic carbocycles. The van der Waals surface area contributed by atoms with Gasteiger partial charge in [0, 0.05) is 24.7 Å². The summed E-state index contributed by atoms with van der Waals surface area (Å²) < 4.78 is 0. The second kappa shape index (κ2) is 6.91. The molecule has 2 aliphatic rings. The van der Waals surface area contributed by atoms with Crippen LogP contribution < -0.4 is 5.32 Å². The van der Waals surface area contributed by atoms with E-state index < -0.39 is 0 Å². The summed E-state index contributed by atoms with van der Waals surface area (Å²) in [5.41, 5.74) is 0. The van der Waals surface area contributed by atoms with Gasteiger partial charge in [0.15, 0.2) is 0 Å². The van der Waals surface area contributed by atoms with Gasteiger partial charge < -0.3 is 5.32 Å². The van der Waals surface area contributed by atoms with E-state index in [4.69, 9.17) is 0 Å². The van der Waals surface area contributed by atoms with Gasteiger partial charge in [0.05, 0.1) is 0 Å². The molecule has 0 radical (unpaired) electrons. The molecule has 0 spiro atoms. The molecular formula is C16H32N2. The molecule has 1 N–H and O–H groups in total. The smallest absolute Gasteiger partial charge is 0.0195 e. The Kier molecular flexibility index (Phi) is 5.50. The first kappa shape index (κ1) is 14.3. The van der Waals surface area contributed by atoms with Crippen LogP contribution in [0, 0.1) is 5.92 Å². The summed E-state index contributed by atoms with van der Waals surface area (Å²) in [6.45, 7) is 9.53. The Morgan fingerprint density at radius 2 is 1.94 bits per heavy atom. The Hall–Kier alpha value is -0.0800. The van der Waals surface area contributed by atoms with Crippen molar-refractivity contribution in [3.8, 4) is 0 Å². The largest absolute Gasteiger partial charge is 0.313 e. The van der Waals surface area contributed by atoms with Crippen LogP contribution in [0.1, 0.15) is 65.7 Å². The highest BCUT2D eigenvalue weighted by molar-refractivity contribution is 4.91. The van der Waals surface area contributed by atoms with Gasteiger partial charge in [-0.25, -0.2) is 0 Å². The molecular weight excluding hydrogens is 220 g/mol. The fourth-order valence-corrected chi connectivity index (χ4v) is 4.06. The predicted octanol–water partition coefficient (Wildman–Crippen LogP) is 3.42. The summed E-state index contributed by atoms with van der Waals surface area (Å²) in [7, 11) is 0. The molecule has 1 heterocycles. The lowest BCUT2D eigenvalue weighted by Gasteiger charge is -2.42. The monoisotopic (exact) mass is 252 g/mol. The summed E-state index contributed by atoms with van der Waals surface area (Å²) in [6, 6.07) is 2.31. The fraction of sp³-hybridized carbons (Fsp3) is 1.00. The lowest BCUT2D eigenvalue weighted by atomic mass is 9.91. The Morgan fingerprint density at radius 1 is 1.17 bits per heavy atom. The van der Waals surface area contributed by atoms with Crippen molar-refractivity contribution in [2.45, 2.75) is 83.8 Å². The lowest BCUT2D eigenvalue weighted by Crippen LogP contribution is -2.51. The number of hydrogen-bond acceptors (Lipinski definition) is 2. The van der Waals surface area contributed by atoms with Crippen molar-refractivity contribution in [1.82, 2.24) is 10.2 Å². The van der Waals surface area contributed by atoms with E-state index in [1.807, 2.05) is 0 Å². The molecule has 1 saturated carbocycles. The Bertz CT molecular complexity index is 241. The van der Waals surface area contributed by atoms with Crippen LogP contribution in [0.3, 0.4) is 0 Å². The van der Waals surface area contributed by atoms with Crippen LogP contribution in [0.15, 0.2) is 0 Å². The van der Waals surface area contributed by atoms with Crippen LogP contribution in [0.4, 0.5) is 0 Å². The maximum atomic E-state index is 3.72. The first-order valence-electron chi connectivity index (χ1n) is 8.21. The lowest BCUT2D eigenvalue weighted by molar-refractivity contribution is 0.0732. The zero-order valence-corrected chi connectivity index (χ0v) is 12.6. The van der Waals surface area contributed by atoms with Crippen molar-refractivity contribution >= 4 is 0 Å². The minimum absolute atomic E-state index is 0.682. The van der Waals surface area contributed by atoms with E-state index in [1.165, 1.54) is 58.0 Å². The van der Waals surface area contributed by atoms with Gasteiger partial charge in [0.2, 0.25) is 0 Å². The van der Waals surface area contributed by atoms with Crippen LogP contribution in [-0.2, 0) is 0 Å². The van der Waals surface area contributed by atoms with E-state index in [2.05, 4.69) is 31.0 Å². The minimum Gasteiger partial charge on any atom is -0.313 e. The van der Waals surface area contributed by atoms with Crippen LogP contribution in [0.25, 0.3) is 0 Å². The average Bonchev–Trinajstić information content (AvgIpc) is 2.84. The highest BCUT2D eigenvalue weighted by Crippen LogP contribution is 2.37. The topological polar surface area (TPSA) is 15.3 Å². The number of fused-ring (bicyclic) bond motifs is 1. The maximum Gasteiger partial charge on any atom is 0.0195 e. The number of rotatable bonds is 6. The molecule has 0 aromatic rings. The number of piperidine rings is 1. The van der Waals surface area contributed by atoms with Gasteiger partial charge in [-0.1, -0.05) is 19.8 Å². The third-order valence-electron chi connectivity index (χ3n) is 5.09. The standard InChI is InChI=1S/C16H32N2/c1-4-7-13(2)17-12-14(3)18-11-6-9-15-8-5-10-16(15)18/h13-17H,4-12H2,1-3H3. The summed E-state index contributed by atoms with van der Waals surface area (Å²) >= 11 is 0. The fourth-order valence-electron chi connectivity index (χ4n) is 4.06. The van der Waals surface area contributed by atoms with Crippen molar-refractivity contribution in [3.05, 3.63) is 0 Å². The molecule has 2 fully saturated rings. The second-order valence-electron chi connectivity index (χ2n) is 6.59. The van der Waals surface area contributed by atoms with Crippen molar-refractivity contribution in [2.24, 2.45) is 5.92 Å². The van der Waals surface area contributed by atoms with Gasteiger partial charge in [-0.2, -0.15) is 0 Å². The molecule has 18 heavy (non-hydrogen) atoms. The first-order chi connectivity index (χ1) is 8.72. The van der Waals surface area contributed by atoms with Gasteiger partial charge in [-0.15, -0.1) is 0 Å². The number of likely N-dealkylation sites (tertiary alicyclic amines) is 1. The maximum absolute atomic E-state index is 3.72. The molecule has 4 unspecified atom stereocenters. The van der Waals surface area contributed by atoms with Crippen molar-refractivity contribution in [2.75, 3.05) is 13.1 Å². The normalized spacial score (nSPS) is 32.2. The molecule has 2 rings (SSSR count). The molecule has 106 valence electrons. The number of hydrogen-bond donors (Lipinski definition) is 1. The molecule has 4 atom stereocenters. The highest BCUT2D eigenvalue weighted by atomic mass is 15.2. The van der Waals surface area contributed by atoms with Crippen molar-refractivity contribution < 1.29 is 0 Å². The Labute approximate surface area is 114 Å². The van der Waals surface area contributed by atoms with Gasteiger partial charge in [0.25, 0.3) is 0 Å². The zero-order valence-electron chi connectivity index (χ0n) is 12.6. The summed E-state index contributed by atoms with van der Waals surface area (Å²) in [5, 5.41) is 3.72. The van der Waals surface area contributed by atoms with Crippen LogP contribution in [-0.4, -0.2) is 36.1 Å². The Morgan fingerprint density at radius 3 is 2.72 bits per heavy atom. The van der Waals surface area contributed by atoms with Crippen LogP contribution in [0.2, 0.25) is 0 Å². The minimum atomic E-state index is 0.682. The van der Waals surface area contributed by atoms with Crippen molar-refractivity contribution in [1.29, 1.82) is 0 Å². The number of nitrogens with one attached hydrogen (secondary N) is 1. The van der Waals surface area contributed by atoms with Gasteiger partial charge in [-0.05, 0) is 58.4 Å². The number of nitrogens with zero attached hydrogens (tertiary/aromatic N) is 1. The molecule has 0 aromatic carbocycles. The van der Waals surface area contributed by atoms with Gasteiger partial charge in [-0.3, -0.25) is 4.90 Å². The summed E-state index contributed by atoms with van der Waals surface area (Å²) in [4.78, 5) is 2.81. The molecule has 0 bridgehead atoms. The zero-order chi connectivity index (χ0) is 13.0. The van der Waals surface area contributed by atoms with Gasteiger partial charge >= 0.3 is 0 Å². The Balaban J connectivity index is 1.78. The predicted molar refractivity (Wildman–Crippen MR) is 78.9 cm³/mol. The molecule has 0 aromatic heterocycles. The van der Waals surface area contributed by atoms with E-state index >= 15 is 0 Å².